The van der Waals surface area contributed by atoms with Gasteiger partial charge in [-0.2, -0.15) is 0 Å². The second-order valence-electron chi connectivity index (χ2n) is 3.60. The second-order valence-corrected chi connectivity index (χ2v) is 3.60. The van der Waals surface area contributed by atoms with Crippen LogP contribution in [0.4, 0.5) is 0 Å². The fourth-order valence-electron chi connectivity index (χ4n) is 1.11. The maximum Gasteiger partial charge on any atom is 0.147 e. The van der Waals surface area contributed by atoms with Gasteiger partial charge in [-0.1, -0.05) is 13.8 Å². The van der Waals surface area contributed by atoms with Gasteiger partial charge in [-0.3, -0.25) is 4.99 Å². The van der Waals surface area contributed by atoms with Crippen LogP contribution in [0.5, 0.6) is 0 Å². The van der Waals surface area contributed by atoms with Gasteiger partial charge in [-0.15, -0.1) is 0 Å². The first-order valence-electron chi connectivity index (χ1n) is 4.20. The number of aliphatic imine (C=N–C) groups is 1. The SMILES string of the molecule is CC(C)C=NC1(C=O)CCC1. The average Bonchev–Trinajstić information content (AvgIpc) is 1.86. The lowest BCUT2D eigenvalue weighted by molar-refractivity contribution is -0.114. The number of carbonyl (C=O) groups is 1. The first kappa shape index (κ1) is 8.44. The van der Waals surface area contributed by atoms with Crippen molar-refractivity contribution in [3.63, 3.8) is 0 Å². The summed E-state index contributed by atoms with van der Waals surface area (Å²) in [5, 5.41) is 0. The third-order valence-electron chi connectivity index (χ3n) is 2.07. The molecule has 1 rings (SSSR count). The molecule has 1 aliphatic rings. The lowest BCUT2D eigenvalue weighted by Gasteiger charge is -2.32. The summed E-state index contributed by atoms with van der Waals surface area (Å²) in [6, 6.07) is 0. The van der Waals surface area contributed by atoms with Gasteiger partial charge >= 0.3 is 0 Å². The van der Waals surface area contributed by atoms with Crippen LogP contribution in [0.1, 0.15) is 33.1 Å². The number of nitrogens with zero attached hydrogens (tertiary/aromatic N) is 1. The molecule has 0 bridgehead atoms. The molecule has 1 aliphatic carbocycles. The molecule has 0 amide bonds. The molecule has 1 saturated carbocycles. The van der Waals surface area contributed by atoms with Crippen molar-refractivity contribution in [2.24, 2.45) is 10.9 Å². The predicted octanol–water partition coefficient (Wildman–Crippen LogP) is 1.83. The molecule has 0 aromatic carbocycles. The van der Waals surface area contributed by atoms with E-state index in [1.807, 2.05) is 6.21 Å². The fraction of sp³-hybridized carbons (Fsp3) is 0.778. The number of hydrogen-bond acceptors (Lipinski definition) is 2. The normalized spacial score (nSPS) is 22.1. The molecule has 1 fully saturated rings. The smallest absolute Gasteiger partial charge is 0.147 e. The van der Waals surface area contributed by atoms with Crippen LogP contribution in [0.3, 0.4) is 0 Å². The summed E-state index contributed by atoms with van der Waals surface area (Å²) >= 11 is 0. The van der Waals surface area contributed by atoms with E-state index in [-0.39, 0.29) is 5.54 Å². The molecule has 2 nitrogen and oxygen atoms in total. The van der Waals surface area contributed by atoms with Gasteiger partial charge in [-0.05, 0) is 25.2 Å². The minimum atomic E-state index is -0.315. The summed E-state index contributed by atoms with van der Waals surface area (Å²) in [5.41, 5.74) is -0.315. The Kier molecular flexibility index (Phi) is 2.42. The molecule has 11 heavy (non-hydrogen) atoms. The van der Waals surface area contributed by atoms with E-state index >= 15 is 0 Å². The lowest BCUT2D eigenvalue weighted by Crippen LogP contribution is -2.36. The van der Waals surface area contributed by atoms with E-state index in [0.29, 0.717) is 5.92 Å². The van der Waals surface area contributed by atoms with Crippen LogP contribution in [0, 0.1) is 5.92 Å². The maximum atomic E-state index is 10.6. The summed E-state index contributed by atoms with van der Waals surface area (Å²) in [7, 11) is 0. The Bertz CT molecular complexity index is 168. The zero-order valence-electron chi connectivity index (χ0n) is 7.21. The summed E-state index contributed by atoms with van der Waals surface area (Å²) in [6.07, 6.45) is 5.91. The van der Waals surface area contributed by atoms with Gasteiger partial charge in [0.2, 0.25) is 0 Å². The first-order valence-corrected chi connectivity index (χ1v) is 4.20. The zero-order chi connectivity index (χ0) is 8.32. The molecule has 0 aliphatic heterocycles. The maximum absolute atomic E-state index is 10.6. The third-order valence-corrected chi connectivity index (χ3v) is 2.07. The second kappa shape index (κ2) is 3.16. The number of aldehydes is 1. The predicted molar refractivity (Wildman–Crippen MR) is 46.0 cm³/mol. The van der Waals surface area contributed by atoms with Crippen molar-refractivity contribution in [1.29, 1.82) is 0 Å². The van der Waals surface area contributed by atoms with E-state index in [4.69, 9.17) is 0 Å². The third kappa shape index (κ3) is 1.88. The van der Waals surface area contributed by atoms with Gasteiger partial charge in [0.05, 0.1) is 0 Å². The van der Waals surface area contributed by atoms with Crippen LogP contribution < -0.4 is 0 Å². The number of hydrogen-bond donors (Lipinski definition) is 0. The van der Waals surface area contributed by atoms with Gasteiger partial charge in [0.15, 0.2) is 0 Å². The molecule has 0 radical (unpaired) electrons. The monoisotopic (exact) mass is 153 g/mol. The largest absolute Gasteiger partial charge is 0.301 e. The minimum absolute atomic E-state index is 0.315. The Labute approximate surface area is 67.7 Å². The van der Waals surface area contributed by atoms with Crippen molar-refractivity contribution in [2.75, 3.05) is 0 Å². The lowest BCUT2D eigenvalue weighted by atomic mass is 9.78. The number of carbonyl (C=O) groups excluding carboxylic acids is 1. The highest BCUT2D eigenvalue weighted by Gasteiger charge is 2.35. The Morgan fingerprint density at radius 3 is 2.36 bits per heavy atom. The quantitative estimate of drug-likeness (QED) is 0.449. The van der Waals surface area contributed by atoms with Crippen molar-refractivity contribution in [2.45, 2.75) is 38.6 Å². The molecule has 0 heterocycles. The summed E-state index contributed by atoms with van der Waals surface area (Å²) in [5.74, 6) is 0.451. The Morgan fingerprint density at radius 2 is 2.09 bits per heavy atom. The summed E-state index contributed by atoms with van der Waals surface area (Å²) in [6.45, 7) is 4.14. The van der Waals surface area contributed by atoms with E-state index in [1.165, 1.54) is 0 Å². The molecule has 0 atom stereocenters. The molecule has 2 heteroatoms. The van der Waals surface area contributed by atoms with Gasteiger partial charge in [0, 0.05) is 6.21 Å². The Morgan fingerprint density at radius 1 is 1.45 bits per heavy atom. The van der Waals surface area contributed by atoms with Gasteiger partial charge < -0.3 is 4.79 Å². The standard InChI is InChI=1S/C9H15NO/c1-8(2)6-10-9(7-11)4-3-5-9/h6-8H,3-5H2,1-2H3. The highest BCUT2D eigenvalue weighted by molar-refractivity contribution is 5.71. The van der Waals surface area contributed by atoms with E-state index in [1.54, 1.807) is 0 Å². The highest BCUT2D eigenvalue weighted by atomic mass is 16.1. The molecule has 62 valence electrons. The first-order chi connectivity index (χ1) is 5.18. The van der Waals surface area contributed by atoms with E-state index in [2.05, 4.69) is 18.8 Å². The fourth-order valence-corrected chi connectivity index (χ4v) is 1.11. The van der Waals surface area contributed by atoms with Crippen molar-refractivity contribution in [3.8, 4) is 0 Å². The van der Waals surface area contributed by atoms with Crippen LogP contribution in [0.25, 0.3) is 0 Å². The molecular weight excluding hydrogens is 138 g/mol. The van der Waals surface area contributed by atoms with E-state index in [9.17, 15) is 4.79 Å². The molecule has 0 unspecified atom stereocenters. The zero-order valence-corrected chi connectivity index (χ0v) is 7.21. The van der Waals surface area contributed by atoms with Gasteiger partial charge in [0.1, 0.15) is 11.8 Å². The molecule has 0 saturated heterocycles. The van der Waals surface area contributed by atoms with Crippen LogP contribution in [0.2, 0.25) is 0 Å². The topological polar surface area (TPSA) is 29.4 Å². The van der Waals surface area contributed by atoms with Crippen molar-refractivity contribution in [1.82, 2.24) is 0 Å². The van der Waals surface area contributed by atoms with Crippen LogP contribution >= 0.6 is 0 Å². The molecule has 0 spiro atoms. The highest BCUT2D eigenvalue weighted by Crippen LogP contribution is 2.33. The molecule has 0 N–H and O–H groups in total. The number of rotatable bonds is 3. The average molecular weight is 153 g/mol. The van der Waals surface area contributed by atoms with Gasteiger partial charge in [-0.25, -0.2) is 0 Å². The van der Waals surface area contributed by atoms with Gasteiger partial charge in [0.25, 0.3) is 0 Å². The van der Waals surface area contributed by atoms with E-state index in [0.717, 1.165) is 25.5 Å². The van der Waals surface area contributed by atoms with Crippen molar-refractivity contribution < 1.29 is 4.79 Å². The van der Waals surface area contributed by atoms with E-state index < -0.39 is 0 Å². The van der Waals surface area contributed by atoms with Crippen molar-refractivity contribution in [3.05, 3.63) is 0 Å². The molecular formula is C9H15NO. The minimum Gasteiger partial charge on any atom is -0.301 e. The van der Waals surface area contributed by atoms with Crippen LogP contribution in [-0.2, 0) is 4.79 Å². The molecule has 0 aromatic heterocycles. The Hall–Kier alpha value is -0.660. The summed E-state index contributed by atoms with van der Waals surface area (Å²) < 4.78 is 0. The Balaban J connectivity index is 2.50. The van der Waals surface area contributed by atoms with Crippen LogP contribution in [-0.4, -0.2) is 18.0 Å². The summed E-state index contributed by atoms with van der Waals surface area (Å²) in [4.78, 5) is 14.9. The molecule has 0 aromatic rings. The van der Waals surface area contributed by atoms with Crippen molar-refractivity contribution >= 4 is 12.5 Å². The van der Waals surface area contributed by atoms with Crippen LogP contribution in [0.15, 0.2) is 4.99 Å².